The molecule has 0 spiro atoms. The minimum Gasteiger partial charge on any atom is -0.481 e. The van der Waals surface area contributed by atoms with E-state index in [4.69, 9.17) is 16.3 Å². The Morgan fingerprint density at radius 2 is 2.04 bits per heavy atom. The van der Waals surface area contributed by atoms with E-state index in [-0.39, 0.29) is 12.1 Å². The fraction of sp³-hybridized carbons (Fsp3) is 0.235. The number of aliphatic hydroxyl groups excluding tert-OH is 1. The molecule has 0 radical (unpaired) electrons. The maximum Gasteiger partial charge on any atom is 0.260 e. The van der Waals surface area contributed by atoms with Crippen LogP contribution in [-0.4, -0.2) is 23.7 Å². The summed E-state index contributed by atoms with van der Waals surface area (Å²) in [4.78, 5) is 12.0. The van der Waals surface area contributed by atoms with Gasteiger partial charge >= 0.3 is 0 Å². The van der Waals surface area contributed by atoms with E-state index in [2.05, 4.69) is 5.32 Å². The van der Waals surface area contributed by atoms with E-state index in [1.54, 1.807) is 37.3 Å². The van der Waals surface area contributed by atoms with Crippen LogP contribution in [0, 0.1) is 5.82 Å². The first-order valence-electron chi connectivity index (χ1n) is 7.10. The number of halogens is 2. The maximum atomic E-state index is 13.5. The molecule has 6 heteroatoms. The number of amides is 1. The van der Waals surface area contributed by atoms with Gasteiger partial charge in [-0.05, 0) is 31.2 Å². The highest BCUT2D eigenvalue weighted by Gasteiger charge is 2.18. The molecule has 2 aromatic rings. The first kappa shape index (κ1) is 17.2. The molecule has 2 rings (SSSR count). The molecule has 2 N–H and O–H groups in total. The quantitative estimate of drug-likeness (QED) is 0.851. The van der Waals surface area contributed by atoms with Crippen molar-refractivity contribution < 1.29 is 19.0 Å². The summed E-state index contributed by atoms with van der Waals surface area (Å²) in [5, 5.41) is 13.0. The van der Waals surface area contributed by atoms with Crippen molar-refractivity contribution in [2.24, 2.45) is 0 Å². The first-order valence-corrected chi connectivity index (χ1v) is 7.47. The van der Waals surface area contributed by atoms with Gasteiger partial charge in [0.05, 0.1) is 6.10 Å². The first-order chi connectivity index (χ1) is 11.0. The Kier molecular flexibility index (Phi) is 5.96. The second-order valence-electron chi connectivity index (χ2n) is 5.00. The zero-order valence-electron chi connectivity index (χ0n) is 12.5. The van der Waals surface area contributed by atoms with Gasteiger partial charge in [-0.2, -0.15) is 0 Å². The molecule has 0 aromatic heterocycles. The highest BCUT2D eigenvalue weighted by molar-refractivity contribution is 6.30. The second-order valence-corrected chi connectivity index (χ2v) is 5.44. The van der Waals surface area contributed by atoms with E-state index in [0.717, 1.165) is 0 Å². The molecule has 0 fully saturated rings. The van der Waals surface area contributed by atoms with Crippen LogP contribution in [0.4, 0.5) is 4.39 Å². The number of carbonyl (C=O) groups excluding carboxylic acids is 1. The maximum absolute atomic E-state index is 13.5. The third-order valence-corrected chi connectivity index (χ3v) is 3.45. The molecule has 0 aliphatic rings. The van der Waals surface area contributed by atoms with E-state index in [9.17, 15) is 14.3 Å². The summed E-state index contributed by atoms with van der Waals surface area (Å²) >= 11 is 5.84. The summed E-state index contributed by atoms with van der Waals surface area (Å²) in [7, 11) is 0. The van der Waals surface area contributed by atoms with Crippen molar-refractivity contribution in [3.05, 3.63) is 64.9 Å². The van der Waals surface area contributed by atoms with Crippen LogP contribution in [0.15, 0.2) is 48.5 Å². The average Bonchev–Trinajstić information content (AvgIpc) is 2.52. The number of hydrogen-bond acceptors (Lipinski definition) is 3. The Labute approximate surface area is 138 Å². The lowest BCUT2D eigenvalue weighted by atomic mass is 10.1. The molecule has 2 aromatic carbocycles. The van der Waals surface area contributed by atoms with Gasteiger partial charge in [0.25, 0.3) is 5.91 Å². The van der Waals surface area contributed by atoms with Crippen molar-refractivity contribution in [1.29, 1.82) is 0 Å². The molecule has 2 unspecified atom stereocenters. The molecule has 0 aliphatic heterocycles. The van der Waals surface area contributed by atoms with Crippen LogP contribution >= 0.6 is 11.6 Å². The van der Waals surface area contributed by atoms with Gasteiger partial charge in [-0.1, -0.05) is 35.9 Å². The third-order valence-electron chi connectivity index (χ3n) is 3.21. The smallest absolute Gasteiger partial charge is 0.260 e. The van der Waals surface area contributed by atoms with Crippen LogP contribution in [-0.2, 0) is 4.79 Å². The molecule has 2 atom stereocenters. The van der Waals surface area contributed by atoms with Gasteiger partial charge in [0.1, 0.15) is 11.6 Å². The van der Waals surface area contributed by atoms with E-state index in [0.29, 0.717) is 10.8 Å². The Hall–Kier alpha value is -2.11. The summed E-state index contributed by atoms with van der Waals surface area (Å²) in [6.45, 7) is 1.47. The van der Waals surface area contributed by atoms with E-state index in [1.165, 1.54) is 18.2 Å². The molecule has 0 saturated carbocycles. The minimum atomic E-state index is -1.13. The highest BCUT2D eigenvalue weighted by Crippen LogP contribution is 2.19. The normalized spacial score (nSPS) is 13.2. The van der Waals surface area contributed by atoms with Gasteiger partial charge < -0.3 is 15.2 Å². The Morgan fingerprint density at radius 3 is 2.74 bits per heavy atom. The lowest BCUT2D eigenvalue weighted by molar-refractivity contribution is -0.127. The monoisotopic (exact) mass is 337 g/mol. The van der Waals surface area contributed by atoms with Crippen molar-refractivity contribution in [1.82, 2.24) is 5.32 Å². The molecule has 122 valence electrons. The van der Waals surface area contributed by atoms with Crippen LogP contribution in [0.2, 0.25) is 5.02 Å². The third kappa shape index (κ3) is 4.94. The molecular formula is C17H17ClFNO3. The lowest BCUT2D eigenvalue weighted by Gasteiger charge is -2.17. The Morgan fingerprint density at radius 1 is 1.30 bits per heavy atom. The predicted octanol–water partition coefficient (Wildman–Crippen LogP) is 3.10. The largest absolute Gasteiger partial charge is 0.481 e. The molecular weight excluding hydrogens is 321 g/mol. The second kappa shape index (κ2) is 7.94. The van der Waals surface area contributed by atoms with Crippen LogP contribution in [0.25, 0.3) is 0 Å². The van der Waals surface area contributed by atoms with Gasteiger partial charge in [0.2, 0.25) is 0 Å². The van der Waals surface area contributed by atoms with Gasteiger partial charge in [-0.25, -0.2) is 4.39 Å². The lowest BCUT2D eigenvalue weighted by Crippen LogP contribution is -2.38. The van der Waals surface area contributed by atoms with Crippen LogP contribution in [0.5, 0.6) is 5.75 Å². The highest BCUT2D eigenvalue weighted by atomic mass is 35.5. The zero-order chi connectivity index (χ0) is 16.8. The van der Waals surface area contributed by atoms with E-state index >= 15 is 0 Å². The van der Waals surface area contributed by atoms with Gasteiger partial charge in [0, 0.05) is 17.1 Å². The van der Waals surface area contributed by atoms with Crippen molar-refractivity contribution in [3.63, 3.8) is 0 Å². The van der Waals surface area contributed by atoms with Crippen molar-refractivity contribution in [2.45, 2.75) is 19.1 Å². The topological polar surface area (TPSA) is 58.6 Å². The summed E-state index contributed by atoms with van der Waals surface area (Å²) in [5.41, 5.74) is 0.135. The SMILES string of the molecule is CC(Oc1cccc(Cl)c1)C(=O)NCC(O)c1ccccc1F. The standard InChI is InChI=1S/C17H17ClFNO3/c1-11(23-13-6-4-5-12(18)9-13)17(22)20-10-16(21)14-7-2-3-8-15(14)19/h2-9,11,16,21H,10H2,1H3,(H,20,22). The van der Waals surface area contributed by atoms with Crippen molar-refractivity contribution in [3.8, 4) is 5.75 Å². The average molecular weight is 338 g/mol. The predicted molar refractivity (Wildman–Crippen MR) is 85.9 cm³/mol. The van der Waals surface area contributed by atoms with Crippen molar-refractivity contribution >= 4 is 17.5 Å². The number of ether oxygens (including phenoxy) is 1. The van der Waals surface area contributed by atoms with Crippen LogP contribution in [0.3, 0.4) is 0 Å². The zero-order valence-corrected chi connectivity index (χ0v) is 13.3. The summed E-state index contributed by atoms with van der Waals surface area (Å²) in [6.07, 6.45) is -1.90. The Balaban J connectivity index is 1.88. The molecule has 23 heavy (non-hydrogen) atoms. The molecule has 0 heterocycles. The summed E-state index contributed by atoms with van der Waals surface area (Å²) < 4.78 is 19.0. The van der Waals surface area contributed by atoms with Crippen molar-refractivity contribution in [2.75, 3.05) is 6.54 Å². The number of benzene rings is 2. The van der Waals surface area contributed by atoms with Gasteiger partial charge in [-0.15, -0.1) is 0 Å². The summed E-state index contributed by atoms with van der Waals surface area (Å²) in [5.74, 6) is -0.465. The van der Waals surface area contributed by atoms with Gasteiger partial charge in [-0.3, -0.25) is 4.79 Å². The number of nitrogens with one attached hydrogen (secondary N) is 1. The summed E-state index contributed by atoms with van der Waals surface area (Å²) in [6, 6.07) is 12.6. The molecule has 4 nitrogen and oxygen atoms in total. The van der Waals surface area contributed by atoms with E-state index < -0.39 is 23.9 Å². The minimum absolute atomic E-state index is 0.108. The van der Waals surface area contributed by atoms with Gasteiger partial charge in [0.15, 0.2) is 6.10 Å². The molecule has 1 amide bonds. The fourth-order valence-electron chi connectivity index (χ4n) is 1.99. The fourth-order valence-corrected chi connectivity index (χ4v) is 2.17. The Bertz CT molecular complexity index is 680. The van der Waals surface area contributed by atoms with Crippen LogP contribution < -0.4 is 10.1 Å². The number of hydrogen-bond donors (Lipinski definition) is 2. The molecule has 0 bridgehead atoms. The number of carbonyl (C=O) groups is 1. The molecule has 0 aliphatic carbocycles. The van der Waals surface area contributed by atoms with Crippen LogP contribution in [0.1, 0.15) is 18.6 Å². The number of aliphatic hydroxyl groups is 1. The molecule has 0 saturated heterocycles. The van der Waals surface area contributed by atoms with E-state index in [1.807, 2.05) is 0 Å². The number of rotatable bonds is 6.